The van der Waals surface area contributed by atoms with Crippen LogP contribution in [0.3, 0.4) is 0 Å². The summed E-state index contributed by atoms with van der Waals surface area (Å²) in [6.45, 7) is 1.40. The first-order chi connectivity index (χ1) is 15.2. The SMILES string of the molecule is COc1cc(/C=C/C(=O)c2cccc(NS(=O)(=O)c3ccc(C(C)=O)cc3)c2)ccc1O. The van der Waals surface area contributed by atoms with E-state index in [9.17, 15) is 23.1 Å². The van der Waals surface area contributed by atoms with Crippen molar-refractivity contribution < 1.29 is 27.9 Å². The van der Waals surface area contributed by atoms with Gasteiger partial charge in [0.05, 0.1) is 12.0 Å². The van der Waals surface area contributed by atoms with Crippen molar-refractivity contribution in [2.24, 2.45) is 0 Å². The second-order valence-corrected chi connectivity index (χ2v) is 8.58. The molecule has 0 unspecified atom stereocenters. The van der Waals surface area contributed by atoms with Crippen molar-refractivity contribution in [3.63, 3.8) is 0 Å². The number of rotatable bonds is 8. The fourth-order valence-corrected chi connectivity index (χ4v) is 3.93. The van der Waals surface area contributed by atoms with E-state index in [4.69, 9.17) is 4.74 Å². The predicted molar refractivity (Wildman–Crippen MR) is 122 cm³/mol. The third-order valence-electron chi connectivity index (χ3n) is 4.60. The number of phenols is 1. The first-order valence-corrected chi connectivity index (χ1v) is 11.0. The van der Waals surface area contributed by atoms with Gasteiger partial charge < -0.3 is 9.84 Å². The largest absolute Gasteiger partial charge is 0.504 e. The molecule has 3 aromatic carbocycles. The van der Waals surface area contributed by atoms with E-state index in [0.29, 0.717) is 16.7 Å². The van der Waals surface area contributed by atoms with Crippen LogP contribution in [0.2, 0.25) is 0 Å². The highest BCUT2D eigenvalue weighted by Crippen LogP contribution is 2.27. The van der Waals surface area contributed by atoms with Crippen LogP contribution in [0.5, 0.6) is 11.5 Å². The second kappa shape index (κ2) is 9.49. The molecule has 7 nitrogen and oxygen atoms in total. The van der Waals surface area contributed by atoms with E-state index >= 15 is 0 Å². The lowest BCUT2D eigenvalue weighted by atomic mass is 10.1. The highest BCUT2D eigenvalue weighted by atomic mass is 32.2. The smallest absolute Gasteiger partial charge is 0.261 e. The van der Waals surface area contributed by atoms with Gasteiger partial charge in [-0.05, 0) is 55.0 Å². The Labute approximate surface area is 186 Å². The number of benzene rings is 3. The van der Waals surface area contributed by atoms with Crippen LogP contribution in [0.15, 0.2) is 77.7 Å². The monoisotopic (exact) mass is 451 g/mol. The van der Waals surface area contributed by atoms with E-state index in [2.05, 4.69) is 4.72 Å². The average molecular weight is 452 g/mol. The third-order valence-corrected chi connectivity index (χ3v) is 6.00. The maximum atomic E-state index is 12.6. The number of hydrogen-bond acceptors (Lipinski definition) is 6. The molecular weight excluding hydrogens is 430 g/mol. The Bertz CT molecular complexity index is 1290. The fourth-order valence-electron chi connectivity index (χ4n) is 2.88. The minimum atomic E-state index is -3.89. The molecule has 2 N–H and O–H groups in total. The topological polar surface area (TPSA) is 110 Å². The second-order valence-electron chi connectivity index (χ2n) is 6.90. The van der Waals surface area contributed by atoms with E-state index in [1.54, 1.807) is 30.3 Å². The van der Waals surface area contributed by atoms with Gasteiger partial charge in [0, 0.05) is 16.8 Å². The normalized spacial score (nSPS) is 11.3. The first kappa shape index (κ1) is 22.8. The zero-order valence-electron chi connectivity index (χ0n) is 17.4. The minimum Gasteiger partial charge on any atom is -0.504 e. The summed E-state index contributed by atoms with van der Waals surface area (Å²) in [6.07, 6.45) is 2.91. The van der Waals surface area contributed by atoms with Crippen LogP contribution in [0, 0.1) is 0 Å². The summed E-state index contributed by atoms with van der Waals surface area (Å²) in [7, 11) is -2.46. The van der Waals surface area contributed by atoms with Gasteiger partial charge >= 0.3 is 0 Å². The zero-order chi connectivity index (χ0) is 23.3. The van der Waals surface area contributed by atoms with Crippen molar-refractivity contribution in [1.29, 1.82) is 0 Å². The Morgan fingerprint density at radius 1 is 0.969 bits per heavy atom. The molecule has 0 aliphatic carbocycles. The Morgan fingerprint density at radius 2 is 1.69 bits per heavy atom. The number of sulfonamides is 1. The van der Waals surface area contributed by atoms with Crippen molar-refractivity contribution >= 4 is 33.4 Å². The molecule has 32 heavy (non-hydrogen) atoms. The number of carbonyl (C=O) groups is 2. The molecular formula is C24H21NO6S. The van der Waals surface area contributed by atoms with Crippen LogP contribution in [0.1, 0.15) is 33.2 Å². The molecule has 0 atom stereocenters. The third kappa shape index (κ3) is 5.41. The van der Waals surface area contributed by atoms with Gasteiger partial charge in [0.2, 0.25) is 0 Å². The number of ether oxygens (including phenoxy) is 1. The van der Waals surface area contributed by atoms with Crippen LogP contribution in [0.4, 0.5) is 5.69 Å². The standard InChI is InChI=1S/C24H21NO6S/c1-16(26)18-8-10-21(11-9-18)32(29,30)25-20-5-3-4-19(15-20)22(27)12-6-17-7-13-23(28)24(14-17)31-2/h3-15,25,28H,1-2H3/b12-6+. The summed E-state index contributed by atoms with van der Waals surface area (Å²) in [6, 6.07) is 16.4. The zero-order valence-corrected chi connectivity index (χ0v) is 18.2. The van der Waals surface area contributed by atoms with Crippen molar-refractivity contribution in [2.45, 2.75) is 11.8 Å². The number of hydrogen-bond donors (Lipinski definition) is 2. The summed E-state index contributed by atoms with van der Waals surface area (Å²) >= 11 is 0. The van der Waals surface area contributed by atoms with Gasteiger partial charge in [0.25, 0.3) is 10.0 Å². The summed E-state index contributed by atoms with van der Waals surface area (Å²) < 4.78 is 32.8. The summed E-state index contributed by atoms with van der Waals surface area (Å²) in [5.41, 5.74) is 1.58. The summed E-state index contributed by atoms with van der Waals surface area (Å²) in [4.78, 5) is 23.9. The number of methoxy groups -OCH3 is 1. The molecule has 0 aromatic heterocycles. The van der Waals surface area contributed by atoms with Crippen LogP contribution in [-0.4, -0.2) is 32.2 Å². The predicted octanol–water partition coefficient (Wildman–Crippen LogP) is 4.30. The molecule has 3 rings (SSSR count). The number of allylic oxidation sites excluding steroid dienone is 1. The number of carbonyl (C=O) groups excluding carboxylic acids is 2. The molecule has 164 valence electrons. The molecule has 0 bridgehead atoms. The molecule has 0 heterocycles. The van der Waals surface area contributed by atoms with Crippen molar-refractivity contribution in [3.05, 3.63) is 89.5 Å². The number of aromatic hydroxyl groups is 1. The lowest BCUT2D eigenvalue weighted by molar-refractivity contribution is 0.101. The highest BCUT2D eigenvalue weighted by molar-refractivity contribution is 7.92. The van der Waals surface area contributed by atoms with Crippen LogP contribution in [0.25, 0.3) is 6.08 Å². The average Bonchev–Trinajstić information content (AvgIpc) is 2.78. The molecule has 0 spiro atoms. The molecule has 8 heteroatoms. The summed E-state index contributed by atoms with van der Waals surface area (Å²) in [5.74, 6) is -0.213. The van der Waals surface area contributed by atoms with E-state index in [0.717, 1.165) is 0 Å². The Balaban J connectivity index is 1.77. The Kier molecular flexibility index (Phi) is 6.75. The fraction of sp³-hybridized carbons (Fsp3) is 0.0833. The van der Waals surface area contributed by atoms with Gasteiger partial charge in [0.1, 0.15) is 0 Å². The van der Waals surface area contributed by atoms with Gasteiger partial charge in [-0.2, -0.15) is 0 Å². The molecule has 0 saturated carbocycles. The maximum absolute atomic E-state index is 12.6. The van der Waals surface area contributed by atoms with Gasteiger partial charge in [-0.1, -0.05) is 36.4 Å². The van der Waals surface area contributed by atoms with Gasteiger partial charge in [-0.3, -0.25) is 14.3 Å². The van der Waals surface area contributed by atoms with E-state index in [1.165, 1.54) is 62.6 Å². The number of anilines is 1. The Morgan fingerprint density at radius 3 is 2.34 bits per heavy atom. The number of nitrogens with one attached hydrogen (secondary N) is 1. The lowest BCUT2D eigenvalue weighted by Crippen LogP contribution is -2.13. The van der Waals surface area contributed by atoms with Crippen molar-refractivity contribution in [2.75, 3.05) is 11.8 Å². The molecule has 0 aliphatic heterocycles. The molecule has 3 aromatic rings. The van der Waals surface area contributed by atoms with Gasteiger partial charge in [-0.15, -0.1) is 0 Å². The number of ketones is 2. The van der Waals surface area contributed by atoms with E-state index in [1.807, 2.05) is 0 Å². The van der Waals surface area contributed by atoms with Crippen LogP contribution < -0.4 is 9.46 Å². The highest BCUT2D eigenvalue weighted by Gasteiger charge is 2.15. The molecule has 0 aliphatic rings. The van der Waals surface area contributed by atoms with Crippen molar-refractivity contribution in [3.8, 4) is 11.5 Å². The first-order valence-electron chi connectivity index (χ1n) is 9.53. The molecule has 0 fully saturated rings. The molecule has 0 radical (unpaired) electrons. The lowest BCUT2D eigenvalue weighted by Gasteiger charge is -2.09. The van der Waals surface area contributed by atoms with Gasteiger partial charge in [0.15, 0.2) is 23.1 Å². The van der Waals surface area contributed by atoms with Crippen LogP contribution >= 0.6 is 0 Å². The molecule has 0 amide bonds. The van der Waals surface area contributed by atoms with Crippen LogP contribution in [-0.2, 0) is 10.0 Å². The maximum Gasteiger partial charge on any atom is 0.261 e. The van der Waals surface area contributed by atoms with Gasteiger partial charge in [-0.25, -0.2) is 8.42 Å². The minimum absolute atomic E-state index is 0.000373. The Hall–Kier alpha value is -3.91. The number of Topliss-reactive ketones (excluding diaryl/α,β-unsaturated/α-hetero) is 1. The summed E-state index contributed by atoms with van der Waals surface area (Å²) in [5, 5.41) is 9.65. The van der Waals surface area contributed by atoms with Crippen molar-refractivity contribution in [1.82, 2.24) is 0 Å². The molecule has 0 saturated heterocycles. The van der Waals surface area contributed by atoms with E-state index < -0.39 is 10.0 Å². The number of phenolic OH excluding ortho intramolecular Hbond substituents is 1. The quantitative estimate of drug-likeness (QED) is 0.390. The van der Waals surface area contributed by atoms with E-state index in [-0.39, 0.29) is 33.6 Å².